The van der Waals surface area contributed by atoms with E-state index in [4.69, 9.17) is 5.73 Å². The molecule has 3 nitrogen and oxygen atoms in total. The molecule has 0 saturated carbocycles. The van der Waals surface area contributed by atoms with E-state index in [1.54, 1.807) is 6.07 Å². The number of nitrogens with two attached hydrogens (primary N) is 1. The molecule has 0 spiro atoms. The summed E-state index contributed by atoms with van der Waals surface area (Å²) in [4.78, 5) is 0. The van der Waals surface area contributed by atoms with Crippen LogP contribution in [0.15, 0.2) is 12.1 Å². The summed E-state index contributed by atoms with van der Waals surface area (Å²) >= 11 is 4.01. The van der Waals surface area contributed by atoms with E-state index in [0.29, 0.717) is 5.82 Å². The molecule has 0 amide bonds. The molecule has 1 rings (SSSR count). The fourth-order valence-electron chi connectivity index (χ4n) is 0.618. The van der Waals surface area contributed by atoms with E-state index in [1.807, 2.05) is 12.2 Å². The topological polar surface area (TPSA) is 54.7 Å². The maximum Gasteiger partial charge on any atom is 0.145 e. The number of aromatic amines is 1. The van der Waals surface area contributed by atoms with Crippen molar-refractivity contribution in [2.24, 2.45) is 0 Å². The molecule has 0 saturated heterocycles. The maximum atomic E-state index is 5.35. The molecular formula is C6H9N3S. The molecule has 1 aromatic heterocycles. The minimum absolute atomic E-state index is 0.513. The second kappa shape index (κ2) is 3.31. The summed E-state index contributed by atoms with van der Waals surface area (Å²) < 4.78 is 0. The van der Waals surface area contributed by atoms with Crippen molar-refractivity contribution in [1.29, 1.82) is 0 Å². The first-order valence-corrected chi connectivity index (χ1v) is 3.54. The molecule has 0 unspecified atom stereocenters. The first-order valence-electron chi connectivity index (χ1n) is 2.91. The molecule has 0 aliphatic carbocycles. The lowest BCUT2D eigenvalue weighted by Crippen LogP contribution is -1.81. The second-order valence-electron chi connectivity index (χ2n) is 1.83. The van der Waals surface area contributed by atoms with E-state index in [2.05, 4.69) is 22.8 Å². The number of thiol groups is 1. The third-order valence-corrected chi connectivity index (χ3v) is 1.23. The average molecular weight is 155 g/mol. The molecule has 0 aliphatic heterocycles. The molecule has 0 atom stereocenters. The minimum Gasteiger partial charge on any atom is -0.382 e. The molecule has 10 heavy (non-hydrogen) atoms. The molecule has 1 aromatic rings. The molecular weight excluding hydrogens is 146 g/mol. The highest BCUT2D eigenvalue weighted by molar-refractivity contribution is 7.80. The lowest BCUT2D eigenvalue weighted by atomic mass is 10.4. The Labute approximate surface area is 64.7 Å². The Morgan fingerprint density at radius 2 is 2.60 bits per heavy atom. The smallest absolute Gasteiger partial charge is 0.145 e. The highest BCUT2D eigenvalue weighted by Crippen LogP contribution is 2.01. The van der Waals surface area contributed by atoms with Gasteiger partial charge in [-0.05, 0) is 6.08 Å². The number of nitrogens with zero attached hydrogens (tertiary/aromatic N) is 1. The Kier molecular flexibility index (Phi) is 2.39. The fourth-order valence-corrected chi connectivity index (χ4v) is 0.723. The lowest BCUT2D eigenvalue weighted by Gasteiger charge is -1.79. The summed E-state index contributed by atoms with van der Waals surface area (Å²) in [5.41, 5.74) is 6.26. The zero-order valence-electron chi connectivity index (χ0n) is 5.41. The zero-order chi connectivity index (χ0) is 7.40. The summed E-state index contributed by atoms with van der Waals surface area (Å²) in [6.07, 6.45) is 3.80. The van der Waals surface area contributed by atoms with Crippen molar-refractivity contribution in [1.82, 2.24) is 10.2 Å². The monoisotopic (exact) mass is 155 g/mol. The minimum atomic E-state index is 0.513. The molecule has 4 heteroatoms. The van der Waals surface area contributed by atoms with Gasteiger partial charge in [-0.3, -0.25) is 5.10 Å². The quantitative estimate of drug-likeness (QED) is 0.557. The van der Waals surface area contributed by atoms with Crippen LogP contribution in [0.25, 0.3) is 6.08 Å². The second-order valence-corrected chi connectivity index (χ2v) is 2.20. The van der Waals surface area contributed by atoms with Crippen LogP contribution in [-0.2, 0) is 0 Å². The number of nitrogen functional groups attached to an aromatic ring is 1. The van der Waals surface area contributed by atoms with Gasteiger partial charge in [0.15, 0.2) is 0 Å². The number of anilines is 1. The Bertz CT molecular complexity index is 229. The van der Waals surface area contributed by atoms with E-state index in [0.717, 1.165) is 11.4 Å². The molecule has 0 aromatic carbocycles. The number of H-pyrrole nitrogens is 1. The first-order chi connectivity index (χ1) is 4.83. The summed E-state index contributed by atoms with van der Waals surface area (Å²) in [6.45, 7) is 0. The lowest BCUT2D eigenvalue weighted by molar-refractivity contribution is 1.09. The van der Waals surface area contributed by atoms with Crippen LogP contribution in [0.2, 0.25) is 0 Å². The van der Waals surface area contributed by atoms with Gasteiger partial charge in [0.25, 0.3) is 0 Å². The van der Waals surface area contributed by atoms with Crippen LogP contribution >= 0.6 is 12.6 Å². The number of aromatic nitrogens is 2. The van der Waals surface area contributed by atoms with E-state index in [1.165, 1.54) is 0 Å². The van der Waals surface area contributed by atoms with Gasteiger partial charge in [-0.25, -0.2) is 0 Å². The van der Waals surface area contributed by atoms with Crippen molar-refractivity contribution < 1.29 is 0 Å². The third kappa shape index (κ3) is 1.80. The number of rotatable bonds is 2. The largest absolute Gasteiger partial charge is 0.382 e. The van der Waals surface area contributed by atoms with Crippen LogP contribution < -0.4 is 5.73 Å². The van der Waals surface area contributed by atoms with Gasteiger partial charge in [-0.2, -0.15) is 17.7 Å². The van der Waals surface area contributed by atoms with Gasteiger partial charge in [-0.1, -0.05) is 6.08 Å². The van der Waals surface area contributed by atoms with Crippen molar-refractivity contribution in [3.8, 4) is 0 Å². The van der Waals surface area contributed by atoms with Gasteiger partial charge in [-0.15, -0.1) is 0 Å². The molecule has 3 N–H and O–H groups in total. The van der Waals surface area contributed by atoms with Gasteiger partial charge in [0.05, 0.1) is 5.69 Å². The van der Waals surface area contributed by atoms with Crippen LogP contribution in [0.1, 0.15) is 5.69 Å². The standard InChI is InChI=1S/C6H9N3S/c7-6-4-5(8-9-6)2-1-3-10/h1-2,4,10H,3H2,(H3,7,8,9). The average Bonchev–Trinajstić information content (AvgIpc) is 2.31. The molecule has 1 heterocycles. The number of nitrogens with one attached hydrogen (secondary N) is 1. The molecule has 0 aliphatic rings. The first kappa shape index (κ1) is 7.21. The Hall–Kier alpha value is -0.900. The summed E-state index contributed by atoms with van der Waals surface area (Å²) in [7, 11) is 0. The molecule has 0 radical (unpaired) electrons. The Morgan fingerprint density at radius 1 is 1.80 bits per heavy atom. The van der Waals surface area contributed by atoms with Gasteiger partial charge in [0.1, 0.15) is 5.82 Å². The van der Waals surface area contributed by atoms with E-state index in [-0.39, 0.29) is 0 Å². The van der Waals surface area contributed by atoms with Crippen LogP contribution in [-0.4, -0.2) is 16.0 Å². The van der Waals surface area contributed by atoms with E-state index < -0.39 is 0 Å². The Balaban J connectivity index is 2.67. The Morgan fingerprint density at radius 3 is 3.10 bits per heavy atom. The van der Waals surface area contributed by atoms with Crippen molar-refractivity contribution >= 4 is 24.5 Å². The SMILES string of the molecule is Nc1cc(C=CCS)[nH]n1. The predicted molar refractivity (Wildman–Crippen MR) is 45.9 cm³/mol. The maximum absolute atomic E-state index is 5.35. The van der Waals surface area contributed by atoms with Crippen molar-refractivity contribution in [3.05, 3.63) is 17.8 Å². The number of hydrogen-bond donors (Lipinski definition) is 3. The fraction of sp³-hybridized carbons (Fsp3) is 0.167. The summed E-state index contributed by atoms with van der Waals surface area (Å²) in [6, 6.07) is 1.76. The van der Waals surface area contributed by atoms with Gasteiger partial charge in [0, 0.05) is 11.8 Å². The zero-order valence-corrected chi connectivity index (χ0v) is 6.31. The van der Waals surface area contributed by atoms with Crippen LogP contribution in [0, 0.1) is 0 Å². The van der Waals surface area contributed by atoms with Gasteiger partial charge < -0.3 is 5.73 Å². The van der Waals surface area contributed by atoms with Crippen molar-refractivity contribution in [2.45, 2.75) is 0 Å². The normalized spacial score (nSPS) is 10.9. The van der Waals surface area contributed by atoms with Crippen molar-refractivity contribution in [3.63, 3.8) is 0 Å². The van der Waals surface area contributed by atoms with Crippen LogP contribution in [0.4, 0.5) is 5.82 Å². The van der Waals surface area contributed by atoms with Gasteiger partial charge >= 0.3 is 0 Å². The van der Waals surface area contributed by atoms with Crippen LogP contribution in [0.3, 0.4) is 0 Å². The number of hydrogen-bond acceptors (Lipinski definition) is 3. The highest BCUT2D eigenvalue weighted by atomic mass is 32.1. The molecule has 54 valence electrons. The summed E-state index contributed by atoms with van der Waals surface area (Å²) in [5.74, 6) is 1.23. The molecule has 0 bridgehead atoms. The summed E-state index contributed by atoms with van der Waals surface area (Å²) in [5, 5.41) is 6.49. The van der Waals surface area contributed by atoms with E-state index in [9.17, 15) is 0 Å². The van der Waals surface area contributed by atoms with Gasteiger partial charge in [0.2, 0.25) is 0 Å². The predicted octanol–water partition coefficient (Wildman–Crippen LogP) is 0.935. The molecule has 0 fully saturated rings. The van der Waals surface area contributed by atoms with E-state index >= 15 is 0 Å². The van der Waals surface area contributed by atoms with Crippen LogP contribution in [0.5, 0.6) is 0 Å². The third-order valence-electron chi connectivity index (χ3n) is 1.02. The van der Waals surface area contributed by atoms with Crippen molar-refractivity contribution in [2.75, 3.05) is 11.5 Å². The highest BCUT2D eigenvalue weighted by Gasteiger charge is 1.89.